The number of alkyl halides is 1. The fourth-order valence-corrected chi connectivity index (χ4v) is 1.82. The highest BCUT2D eigenvalue weighted by Gasteiger charge is 2.32. The Morgan fingerprint density at radius 3 is 3.00 bits per heavy atom. The molecule has 0 radical (unpaired) electrons. The number of para-hydroxylation sites is 1. The van der Waals surface area contributed by atoms with Crippen molar-refractivity contribution in [2.45, 2.75) is 10.7 Å². The summed E-state index contributed by atoms with van der Waals surface area (Å²) in [5.74, 6) is 0.896. The number of hydrogen-bond acceptors (Lipinski definition) is 2. The van der Waals surface area contributed by atoms with Crippen molar-refractivity contribution in [3.05, 3.63) is 29.8 Å². The predicted molar refractivity (Wildman–Crippen MR) is 52.9 cm³/mol. The van der Waals surface area contributed by atoms with Crippen molar-refractivity contribution >= 4 is 15.9 Å². The van der Waals surface area contributed by atoms with Gasteiger partial charge < -0.3 is 4.74 Å². The van der Waals surface area contributed by atoms with E-state index < -0.39 is 4.32 Å². The van der Waals surface area contributed by atoms with Crippen LogP contribution in [-0.2, 0) is 6.42 Å². The molecule has 0 aliphatic carbocycles. The molecule has 0 N–H and O–H groups in total. The molecule has 1 aliphatic rings. The van der Waals surface area contributed by atoms with Gasteiger partial charge in [-0.25, -0.2) is 0 Å². The first-order valence-corrected chi connectivity index (χ1v) is 4.84. The molecular weight excluding hydrogens is 230 g/mol. The number of nitriles is 1. The summed E-state index contributed by atoms with van der Waals surface area (Å²) in [5, 5.41) is 8.90. The van der Waals surface area contributed by atoms with Gasteiger partial charge in [0.1, 0.15) is 16.7 Å². The number of rotatable bonds is 0. The normalized spacial score (nSPS) is 25.5. The molecule has 1 aromatic rings. The number of halogens is 1. The lowest BCUT2D eigenvalue weighted by atomic mass is 9.98. The summed E-state index contributed by atoms with van der Waals surface area (Å²) in [4.78, 5) is 0. The zero-order chi connectivity index (χ0) is 9.31. The fourth-order valence-electron chi connectivity index (χ4n) is 1.41. The van der Waals surface area contributed by atoms with Crippen LogP contribution in [0.5, 0.6) is 5.75 Å². The van der Waals surface area contributed by atoms with Gasteiger partial charge in [0.2, 0.25) is 0 Å². The molecule has 0 aromatic heterocycles. The van der Waals surface area contributed by atoms with Gasteiger partial charge in [0, 0.05) is 6.42 Å². The molecule has 1 unspecified atom stereocenters. The summed E-state index contributed by atoms with van der Waals surface area (Å²) in [6.45, 7) is 0.417. The van der Waals surface area contributed by atoms with E-state index in [9.17, 15) is 0 Å². The highest BCUT2D eigenvalue weighted by molar-refractivity contribution is 9.10. The van der Waals surface area contributed by atoms with E-state index in [0.29, 0.717) is 13.0 Å². The van der Waals surface area contributed by atoms with Crippen molar-refractivity contribution in [1.82, 2.24) is 0 Å². The number of hydrogen-bond donors (Lipinski definition) is 0. The number of nitrogens with zero attached hydrogens (tertiary/aromatic N) is 1. The van der Waals surface area contributed by atoms with E-state index >= 15 is 0 Å². The lowest BCUT2D eigenvalue weighted by Crippen LogP contribution is -2.33. The van der Waals surface area contributed by atoms with Crippen LogP contribution in [0.4, 0.5) is 0 Å². The molecule has 0 amide bonds. The first-order chi connectivity index (χ1) is 6.23. The van der Waals surface area contributed by atoms with Crippen molar-refractivity contribution in [2.75, 3.05) is 6.61 Å². The van der Waals surface area contributed by atoms with Gasteiger partial charge >= 0.3 is 0 Å². The molecule has 1 aromatic carbocycles. The van der Waals surface area contributed by atoms with Crippen molar-refractivity contribution in [1.29, 1.82) is 5.26 Å². The van der Waals surface area contributed by atoms with Crippen LogP contribution in [-0.4, -0.2) is 10.9 Å². The van der Waals surface area contributed by atoms with E-state index in [0.717, 1.165) is 11.3 Å². The number of benzene rings is 1. The van der Waals surface area contributed by atoms with Crippen molar-refractivity contribution in [2.24, 2.45) is 0 Å². The van der Waals surface area contributed by atoms with E-state index in [1.165, 1.54) is 0 Å². The minimum Gasteiger partial charge on any atom is -0.491 e. The van der Waals surface area contributed by atoms with E-state index in [1.807, 2.05) is 24.3 Å². The van der Waals surface area contributed by atoms with Crippen molar-refractivity contribution in [3.8, 4) is 11.8 Å². The first-order valence-electron chi connectivity index (χ1n) is 4.04. The van der Waals surface area contributed by atoms with Crippen LogP contribution >= 0.6 is 15.9 Å². The largest absolute Gasteiger partial charge is 0.491 e. The first kappa shape index (κ1) is 8.58. The maximum atomic E-state index is 8.90. The summed E-state index contributed by atoms with van der Waals surface area (Å²) in [6.07, 6.45) is 0.708. The smallest absolute Gasteiger partial charge is 0.150 e. The monoisotopic (exact) mass is 237 g/mol. The Labute approximate surface area is 85.3 Å². The van der Waals surface area contributed by atoms with E-state index in [4.69, 9.17) is 10.00 Å². The molecule has 0 saturated carbocycles. The van der Waals surface area contributed by atoms with E-state index in [-0.39, 0.29) is 0 Å². The van der Waals surface area contributed by atoms with Crippen LogP contribution in [0.15, 0.2) is 24.3 Å². The van der Waals surface area contributed by atoms with Gasteiger partial charge in [-0.1, -0.05) is 34.1 Å². The van der Waals surface area contributed by atoms with E-state index in [1.54, 1.807) is 0 Å². The third-order valence-corrected chi connectivity index (χ3v) is 2.79. The van der Waals surface area contributed by atoms with Gasteiger partial charge in [-0.3, -0.25) is 0 Å². The zero-order valence-corrected chi connectivity index (χ0v) is 8.54. The van der Waals surface area contributed by atoms with Gasteiger partial charge in [-0.2, -0.15) is 5.26 Å². The van der Waals surface area contributed by atoms with Gasteiger partial charge in [-0.15, -0.1) is 0 Å². The summed E-state index contributed by atoms with van der Waals surface area (Å²) in [5.41, 5.74) is 1.09. The van der Waals surface area contributed by atoms with Crippen LogP contribution in [0.1, 0.15) is 5.56 Å². The summed E-state index contributed by atoms with van der Waals surface area (Å²) >= 11 is 3.38. The van der Waals surface area contributed by atoms with Crippen LogP contribution in [0, 0.1) is 11.3 Å². The highest BCUT2D eigenvalue weighted by Crippen LogP contribution is 2.33. The molecule has 0 bridgehead atoms. The Hall–Kier alpha value is -1.01. The van der Waals surface area contributed by atoms with Gasteiger partial charge in [-0.05, 0) is 11.6 Å². The van der Waals surface area contributed by atoms with Crippen molar-refractivity contribution in [3.63, 3.8) is 0 Å². The Balaban J connectivity index is 2.36. The Morgan fingerprint density at radius 1 is 1.46 bits per heavy atom. The third kappa shape index (κ3) is 1.54. The second-order valence-corrected chi connectivity index (χ2v) is 4.67. The second-order valence-electron chi connectivity index (χ2n) is 3.15. The number of fused-ring (bicyclic) bond motifs is 1. The Morgan fingerprint density at radius 2 is 2.23 bits per heavy atom. The predicted octanol–water partition coefficient (Wildman–Crippen LogP) is 2.28. The van der Waals surface area contributed by atoms with Crippen LogP contribution < -0.4 is 4.74 Å². The Kier molecular flexibility index (Phi) is 2.01. The lowest BCUT2D eigenvalue weighted by Gasteiger charge is -2.27. The standard InChI is InChI=1S/C10H8BrNO/c11-10(6-12)5-8-3-1-2-4-9(8)13-7-10/h1-4H,5,7H2. The molecule has 13 heavy (non-hydrogen) atoms. The minimum atomic E-state index is -0.540. The van der Waals surface area contributed by atoms with Gasteiger partial charge in [0.25, 0.3) is 0 Å². The molecule has 3 heteroatoms. The molecule has 1 aliphatic heterocycles. The van der Waals surface area contributed by atoms with Gasteiger partial charge in [0.15, 0.2) is 0 Å². The second kappa shape index (κ2) is 3.04. The molecule has 0 spiro atoms. The summed E-state index contributed by atoms with van der Waals surface area (Å²) < 4.78 is 4.92. The average molecular weight is 238 g/mol. The molecular formula is C10H8BrNO. The molecule has 0 fully saturated rings. The summed E-state index contributed by atoms with van der Waals surface area (Å²) in [6, 6.07) is 10.0. The summed E-state index contributed by atoms with van der Waals surface area (Å²) in [7, 11) is 0. The zero-order valence-electron chi connectivity index (χ0n) is 6.96. The SMILES string of the molecule is N#CC1(Br)COc2ccccc2C1. The topological polar surface area (TPSA) is 33.0 Å². The van der Waals surface area contributed by atoms with Crippen LogP contribution in [0.25, 0.3) is 0 Å². The van der Waals surface area contributed by atoms with E-state index in [2.05, 4.69) is 22.0 Å². The lowest BCUT2D eigenvalue weighted by molar-refractivity contribution is 0.272. The highest BCUT2D eigenvalue weighted by atomic mass is 79.9. The average Bonchev–Trinajstić information content (AvgIpc) is 2.18. The molecule has 2 nitrogen and oxygen atoms in total. The third-order valence-electron chi connectivity index (χ3n) is 2.10. The number of ether oxygens (including phenoxy) is 1. The molecule has 1 heterocycles. The quantitative estimate of drug-likeness (QED) is 0.649. The molecule has 66 valence electrons. The van der Waals surface area contributed by atoms with Gasteiger partial charge in [0.05, 0.1) is 6.07 Å². The Bertz CT molecular complexity index is 371. The fraction of sp³-hybridized carbons (Fsp3) is 0.300. The molecule has 2 rings (SSSR count). The van der Waals surface area contributed by atoms with Crippen molar-refractivity contribution < 1.29 is 4.74 Å². The molecule has 0 saturated heterocycles. The molecule has 1 atom stereocenters. The maximum absolute atomic E-state index is 8.90. The van der Waals surface area contributed by atoms with Crippen LogP contribution in [0.2, 0.25) is 0 Å². The van der Waals surface area contributed by atoms with Crippen LogP contribution in [0.3, 0.4) is 0 Å². The minimum absolute atomic E-state index is 0.417. The maximum Gasteiger partial charge on any atom is 0.150 e.